The highest BCUT2D eigenvalue weighted by atomic mass is 79.9. The van der Waals surface area contributed by atoms with Crippen LogP contribution in [0, 0.1) is 0 Å². The Morgan fingerprint density at radius 1 is 1.32 bits per heavy atom. The number of H-pyrrole nitrogens is 1. The molecule has 22 heavy (non-hydrogen) atoms. The van der Waals surface area contributed by atoms with Crippen molar-refractivity contribution in [3.63, 3.8) is 0 Å². The molecule has 0 unspecified atom stereocenters. The molecule has 112 valence electrons. The van der Waals surface area contributed by atoms with Gasteiger partial charge in [-0.25, -0.2) is 4.98 Å². The van der Waals surface area contributed by atoms with Crippen LogP contribution in [0.5, 0.6) is 5.75 Å². The third-order valence-electron chi connectivity index (χ3n) is 3.17. The second-order valence-corrected chi connectivity index (χ2v) is 5.49. The lowest BCUT2D eigenvalue weighted by Gasteiger charge is -2.03. The number of aromatic amines is 1. The first-order chi connectivity index (χ1) is 10.7. The van der Waals surface area contributed by atoms with Gasteiger partial charge in [-0.15, -0.1) is 0 Å². The summed E-state index contributed by atoms with van der Waals surface area (Å²) in [6.07, 6.45) is 4.94. The van der Waals surface area contributed by atoms with E-state index in [2.05, 4.69) is 31.0 Å². The lowest BCUT2D eigenvalue weighted by atomic mass is 10.2. The third kappa shape index (κ3) is 3.09. The zero-order valence-corrected chi connectivity index (χ0v) is 13.4. The molecule has 0 fully saturated rings. The van der Waals surface area contributed by atoms with Crippen molar-refractivity contribution in [3.8, 4) is 17.0 Å². The van der Waals surface area contributed by atoms with Gasteiger partial charge in [-0.1, -0.05) is 12.1 Å². The van der Waals surface area contributed by atoms with Crippen LogP contribution in [0.2, 0.25) is 0 Å². The smallest absolute Gasteiger partial charge is 0.274 e. The molecule has 3 rings (SSSR count). The Bertz CT molecular complexity index is 839. The Hall–Kier alpha value is -2.41. The standard InChI is InChI=1S/C15H13BrN4O2/c1-22-12-4-2-10(3-5-12)8-20-9-11(6-18-20)14-15(21)17-7-13(16)19-14/h2-7,9H,8H2,1H3,(H,17,21). The van der Waals surface area contributed by atoms with Crippen molar-refractivity contribution in [1.29, 1.82) is 0 Å². The number of nitrogens with zero attached hydrogens (tertiary/aromatic N) is 3. The maximum atomic E-state index is 11.8. The topological polar surface area (TPSA) is 72.8 Å². The summed E-state index contributed by atoms with van der Waals surface area (Å²) in [5, 5.41) is 4.28. The van der Waals surface area contributed by atoms with Crippen LogP contribution in [-0.4, -0.2) is 26.9 Å². The number of halogens is 1. The fourth-order valence-corrected chi connectivity index (χ4v) is 2.36. The van der Waals surface area contributed by atoms with E-state index in [-0.39, 0.29) is 5.56 Å². The first kappa shape index (κ1) is 14.5. The monoisotopic (exact) mass is 360 g/mol. The van der Waals surface area contributed by atoms with Gasteiger partial charge in [-0.2, -0.15) is 5.10 Å². The third-order valence-corrected chi connectivity index (χ3v) is 3.57. The van der Waals surface area contributed by atoms with Crippen molar-refractivity contribution in [2.45, 2.75) is 6.54 Å². The minimum Gasteiger partial charge on any atom is -0.497 e. The van der Waals surface area contributed by atoms with Gasteiger partial charge in [-0.05, 0) is 33.6 Å². The summed E-state index contributed by atoms with van der Waals surface area (Å²) >= 11 is 3.25. The fourth-order valence-electron chi connectivity index (χ4n) is 2.07. The number of nitrogens with one attached hydrogen (secondary N) is 1. The molecule has 0 radical (unpaired) electrons. The second-order valence-electron chi connectivity index (χ2n) is 4.68. The second kappa shape index (κ2) is 6.15. The van der Waals surface area contributed by atoms with Crippen molar-refractivity contribution in [3.05, 3.63) is 63.4 Å². The van der Waals surface area contributed by atoms with E-state index >= 15 is 0 Å². The molecule has 0 spiro atoms. The summed E-state index contributed by atoms with van der Waals surface area (Å²) in [5.41, 5.74) is 1.87. The number of benzene rings is 1. The maximum Gasteiger partial charge on any atom is 0.274 e. The van der Waals surface area contributed by atoms with Gasteiger partial charge in [0, 0.05) is 18.0 Å². The zero-order valence-electron chi connectivity index (χ0n) is 11.8. The number of hydrogen-bond donors (Lipinski definition) is 1. The van der Waals surface area contributed by atoms with Crippen LogP contribution in [0.15, 0.2) is 52.3 Å². The number of aromatic nitrogens is 4. The fraction of sp³-hybridized carbons (Fsp3) is 0.133. The summed E-state index contributed by atoms with van der Waals surface area (Å²) < 4.78 is 7.47. The largest absolute Gasteiger partial charge is 0.497 e. The molecular weight excluding hydrogens is 348 g/mol. The maximum absolute atomic E-state index is 11.8. The normalized spacial score (nSPS) is 10.6. The molecule has 0 saturated carbocycles. The van der Waals surface area contributed by atoms with Gasteiger partial charge in [0.05, 0.1) is 19.9 Å². The van der Waals surface area contributed by atoms with Crippen molar-refractivity contribution in [2.24, 2.45) is 0 Å². The molecule has 0 bridgehead atoms. The first-order valence-corrected chi connectivity index (χ1v) is 7.36. The van der Waals surface area contributed by atoms with Crippen LogP contribution in [0.1, 0.15) is 5.56 Å². The zero-order chi connectivity index (χ0) is 15.5. The Morgan fingerprint density at radius 3 is 2.82 bits per heavy atom. The van der Waals surface area contributed by atoms with Crippen molar-refractivity contribution in [1.82, 2.24) is 19.7 Å². The number of rotatable bonds is 4. The van der Waals surface area contributed by atoms with E-state index < -0.39 is 0 Å². The van der Waals surface area contributed by atoms with Crippen LogP contribution in [0.3, 0.4) is 0 Å². The highest BCUT2D eigenvalue weighted by Crippen LogP contribution is 2.16. The molecule has 0 atom stereocenters. The van der Waals surface area contributed by atoms with Crippen molar-refractivity contribution >= 4 is 15.9 Å². The molecule has 2 aromatic heterocycles. The Morgan fingerprint density at radius 2 is 2.09 bits per heavy atom. The van der Waals surface area contributed by atoms with Crippen LogP contribution in [-0.2, 0) is 6.54 Å². The molecule has 1 aromatic carbocycles. The number of methoxy groups -OCH3 is 1. The summed E-state index contributed by atoms with van der Waals surface area (Å²) in [7, 11) is 1.64. The van der Waals surface area contributed by atoms with E-state index in [1.807, 2.05) is 24.3 Å². The summed E-state index contributed by atoms with van der Waals surface area (Å²) in [6.45, 7) is 0.607. The summed E-state index contributed by atoms with van der Waals surface area (Å²) in [4.78, 5) is 18.6. The van der Waals surface area contributed by atoms with Gasteiger partial charge in [0.2, 0.25) is 0 Å². The van der Waals surface area contributed by atoms with E-state index in [0.29, 0.717) is 22.4 Å². The minimum absolute atomic E-state index is 0.243. The highest BCUT2D eigenvalue weighted by molar-refractivity contribution is 9.10. The van der Waals surface area contributed by atoms with Gasteiger partial charge in [-0.3, -0.25) is 9.48 Å². The Labute approximate surface area is 134 Å². The average molecular weight is 361 g/mol. The van der Waals surface area contributed by atoms with Gasteiger partial charge >= 0.3 is 0 Å². The molecule has 0 amide bonds. The number of hydrogen-bond acceptors (Lipinski definition) is 4. The Balaban J connectivity index is 1.84. The lowest BCUT2D eigenvalue weighted by molar-refractivity contribution is 0.414. The minimum atomic E-state index is -0.243. The molecule has 2 heterocycles. The quantitative estimate of drug-likeness (QED) is 0.775. The molecule has 1 N–H and O–H groups in total. The van der Waals surface area contributed by atoms with Crippen molar-refractivity contribution < 1.29 is 4.74 Å². The van der Waals surface area contributed by atoms with Crippen LogP contribution in [0.25, 0.3) is 11.3 Å². The van der Waals surface area contributed by atoms with E-state index in [1.54, 1.807) is 24.2 Å². The van der Waals surface area contributed by atoms with Crippen LogP contribution >= 0.6 is 15.9 Å². The van der Waals surface area contributed by atoms with E-state index in [0.717, 1.165) is 11.3 Å². The Kier molecular flexibility index (Phi) is 4.06. The van der Waals surface area contributed by atoms with Crippen LogP contribution in [0.4, 0.5) is 0 Å². The number of ether oxygens (including phenoxy) is 1. The summed E-state index contributed by atoms with van der Waals surface area (Å²) in [5.74, 6) is 0.815. The molecule has 0 aliphatic heterocycles. The van der Waals surface area contributed by atoms with Gasteiger partial charge in [0.15, 0.2) is 0 Å². The van der Waals surface area contributed by atoms with E-state index in [9.17, 15) is 4.79 Å². The van der Waals surface area contributed by atoms with Gasteiger partial charge < -0.3 is 9.72 Å². The predicted molar refractivity (Wildman–Crippen MR) is 85.9 cm³/mol. The van der Waals surface area contributed by atoms with Crippen molar-refractivity contribution in [2.75, 3.05) is 7.11 Å². The molecule has 6 nitrogen and oxygen atoms in total. The molecular formula is C15H13BrN4O2. The van der Waals surface area contributed by atoms with Gasteiger partial charge in [0.1, 0.15) is 16.0 Å². The van der Waals surface area contributed by atoms with E-state index in [1.165, 1.54) is 6.20 Å². The SMILES string of the molecule is COc1ccc(Cn2cc(-c3nc(Br)c[nH]c3=O)cn2)cc1. The molecule has 0 aliphatic carbocycles. The molecule has 0 saturated heterocycles. The van der Waals surface area contributed by atoms with Gasteiger partial charge in [0.25, 0.3) is 5.56 Å². The first-order valence-electron chi connectivity index (χ1n) is 6.56. The average Bonchev–Trinajstić information content (AvgIpc) is 2.99. The van der Waals surface area contributed by atoms with E-state index in [4.69, 9.17) is 4.74 Å². The lowest BCUT2D eigenvalue weighted by Crippen LogP contribution is -2.10. The highest BCUT2D eigenvalue weighted by Gasteiger charge is 2.09. The molecule has 0 aliphatic rings. The van der Waals surface area contributed by atoms with Crippen LogP contribution < -0.4 is 10.3 Å². The predicted octanol–water partition coefficient (Wildman–Crippen LogP) is 2.45. The molecule has 3 aromatic rings. The summed E-state index contributed by atoms with van der Waals surface area (Å²) in [6, 6.07) is 7.76. The molecule has 7 heteroatoms.